The highest BCUT2D eigenvalue weighted by molar-refractivity contribution is 6.95. The Hall–Kier alpha value is -11.4. The topological polar surface area (TPSA) is 187 Å². The van der Waals surface area contributed by atoms with E-state index in [1.54, 1.807) is 0 Å². The van der Waals surface area contributed by atoms with Gasteiger partial charge in [0.2, 0.25) is 16.6 Å². The van der Waals surface area contributed by atoms with Gasteiger partial charge in [0.05, 0.1) is 0 Å². The summed E-state index contributed by atoms with van der Waals surface area (Å²) in [5.74, 6) is 7.05. The Bertz CT molecular complexity index is 5790. The third kappa shape index (κ3) is 7.84. The molecule has 4 aromatic heterocycles. The van der Waals surface area contributed by atoms with Crippen molar-refractivity contribution in [3.8, 4) is 0 Å². The fourth-order valence-electron chi connectivity index (χ4n) is 15.0. The summed E-state index contributed by atoms with van der Waals surface area (Å²) in [7, 11) is -6.76. The van der Waals surface area contributed by atoms with E-state index in [1.807, 2.05) is 108 Å². The van der Waals surface area contributed by atoms with Crippen molar-refractivity contribution in [1.82, 2.24) is 14.2 Å². The van der Waals surface area contributed by atoms with Crippen molar-refractivity contribution in [2.75, 3.05) is 0 Å². The zero-order chi connectivity index (χ0) is 64.9. The van der Waals surface area contributed by atoms with Crippen molar-refractivity contribution in [1.29, 1.82) is 0 Å². The van der Waals surface area contributed by atoms with Gasteiger partial charge in [0.1, 0.15) is 45.2 Å². The lowest BCUT2D eigenvalue weighted by atomic mass is 10.1. The molecule has 18 nitrogen and oxygen atoms in total. The molecule has 2 atom stereocenters. The fourth-order valence-corrected chi connectivity index (χ4v) is 27.9. The third-order valence-electron chi connectivity index (χ3n) is 20.0. The van der Waals surface area contributed by atoms with Gasteiger partial charge in [-0.3, -0.25) is 0 Å². The second-order valence-corrected chi connectivity index (χ2v) is 37.1. The van der Waals surface area contributed by atoms with Crippen LogP contribution in [-0.2, 0) is 6.96 Å². The van der Waals surface area contributed by atoms with Crippen molar-refractivity contribution in [3.63, 3.8) is 0 Å². The number of fused-ring (bicyclic) bond motifs is 28. The van der Waals surface area contributed by atoms with Gasteiger partial charge in [-0.15, -0.1) is 13.2 Å². The van der Waals surface area contributed by atoms with E-state index in [9.17, 15) is 0 Å². The molecule has 0 spiro atoms. The molecule has 9 aromatic carbocycles. The Kier molecular flexibility index (Phi) is 11.7. The predicted octanol–water partition coefficient (Wildman–Crippen LogP) is 10.6. The molecule has 0 radical (unpaired) electrons. The van der Waals surface area contributed by atoms with Crippen LogP contribution in [0, 0.1) is 0 Å². The molecule has 12 bridgehead atoms. The summed E-state index contributed by atoms with van der Waals surface area (Å²) in [6, 6.07) is 74.8. The molecule has 22 heteroatoms. The van der Waals surface area contributed by atoms with Gasteiger partial charge in [-0.05, 0) is 23.5 Å². The Balaban J connectivity index is 0.774. The Labute approximate surface area is 569 Å². The molecule has 0 saturated carbocycles. The molecule has 0 fully saturated rings. The van der Waals surface area contributed by atoms with Gasteiger partial charge in [0.15, 0.2) is 46.7 Å². The van der Waals surface area contributed by atoms with E-state index in [0.717, 1.165) is 98.0 Å². The van der Waals surface area contributed by atoms with Crippen molar-refractivity contribution in [2.45, 2.75) is 13.1 Å². The van der Waals surface area contributed by atoms with Gasteiger partial charge in [0.25, 0.3) is 0 Å². The molecule has 8 aliphatic heterocycles. The first kappa shape index (κ1) is 55.8. The summed E-state index contributed by atoms with van der Waals surface area (Å²) in [4.78, 5) is 66.1. The zero-order valence-corrected chi connectivity index (χ0v) is 56.8. The number of amidine groups is 8. The minimum absolute atomic E-state index is 0.552. The fraction of sp³-hybridized carbons (Fsp3) is 0.0263. The molecular weight excluding hydrogens is 1280 g/mol. The lowest BCUT2D eigenvalue weighted by molar-refractivity contribution is 0.543. The molecular formula is C76H48Al2N16O2Si2. The van der Waals surface area contributed by atoms with Crippen LogP contribution < -0.4 is 32.3 Å². The van der Waals surface area contributed by atoms with Gasteiger partial charge in [-0.1, -0.05) is 230 Å². The van der Waals surface area contributed by atoms with Crippen LogP contribution >= 0.6 is 0 Å². The number of aliphatic imine (C=N–C) groups is 8. The number of benzene rings is 9. The maximum absolute atomic E-state index is 8.31. The van der Waals surface area contributed by atoms with Crippen LogP contribution in [0.5, 0.6) is 0 Å². The van der Waals surface area contributed by atoms with E-state index in [4.69, 9.17) is 66.9 Å². The van der Waals surface area contributed by atoms with E-state index in [0.29, 0.717) is 91.9 Å². The number of rotatable bonds is 8. The minimum Gasteiger partial charge on any atom is -0.503 e. The number of aromatic nitrogens is 4. The van der Waals surface area contributed by atoms with Gasteiger partial charge in [0, 0.05) is 87.6 Å². The highest BCUT2D eigenvalue weighted by Crippen LogP contribution is 2.44. The largest absolute Gasteiger partial charge is 0.799 e. The van der Waals surface area contributed by atoms with Gasteiger partial charge in [-0.25, -0.2) is 59.9 Å². The summed E-state index contributed by atoms with van der Waals surface area (Å²) in [6.45, 7) is 13.8. The summed E-state index contributed by atoms with van der Waals surface area (Å²) in [5.41, 5.74) is 13.8. The van der Waals surface area contributed by atoms with Crippen molar-refractivity contribution in [3.05, 3.63) is 309 Å². The van der Waals surface area contributed by atoms with Crippen LogP contribution in [0.1, 0.15) is 44.5 Å². The molecule has 13 aromatic rings. The van der Waals surface area contributed by atoms with E-state index in [2.05, 4.69) is 162 Å². The number of hydrogen-bond acceptors (Lipinski definition) is 14. The lowest BCUT2D eigenvalue weighted by Crippen LogP contribution is -2.59. The van der Waals surface area contributed by atoms with Crippen LogP contribution in [0.25, 0.3) is 43.1 Å². The standard InChI is InChI=1S/2C32H16N8.C12H16O2Si2.2Al/c2*1-2-10-18-17(9-1)25-33-26(18)38-28-21-13-5-6-14-22(21)30(35-28)40-32-24-16-8-7-15-23(24)31(36-32)39-29-20-12-4-3-11-19(20)27(34-29)37-25;1-5-15(3,13)11-7-9-12(10-8-11)16(4,14)6-2;;/h2*1-16H;5-10H,1-2H2,3-4H3;;/q3*-2;2*+3. The van der Waals surface area contributed by atoms with Gasteiger partial charge < -0.3 is 21.2 Å². The second kappa shape index (κ2) is 20.6. The highest BCUT2D eigenvalue weighted by Gasteiger charge is 2.50. The Morgan fingerprint density at radius 1 is 0.265 bits per heavy atom. The molecule has 12 heterocycles. The molecule has 0 saturated heterocycles. The quantitative estimate of drug-likeness (QED) is 0.137. The second-order valence-electron chi connectivity index (χ2n) is 25.5. The first-order valence-electron chi connectivity index (χ1n) is 32.4. The SMILES string of the molecule is C=C[Si](C)([O][Al]1[n]2c3c4ccccc4c2N=C2N=C(N=c4c5ccccc5c([n]41)=NC1=NC(=N3)c3ccccc31)c1ccccc12)c1ccc([Si](C)(C=C)[O][Al]2[n]3c4c5ccccc5c3N=C3N=C(N=c5c6ccccc6c([n]52)=NC2=NC(=N4)c4ccccc42)c2ccccc23)cc1. The summed E-state index contributed by atoms with van der Waals surface area (Å²) < 4.78 is 25.6. The van der Waals surface area contributed by atoms with Crippen molar-refractivity contribution in [2.24, 2.45) is 59.9 Å². The van der Waals surface area contributed by atoms with Crippen LogP contribution in [-0.4, -0.2) is 107 Å². The Morgan fingerprint density at radius 2 is 0.469 bits per heavy atom. The normalized spacial score (nSPS) is 16.6. The van der Waals surface area contributed by atoms with E-state index >= 15 is 0 Å². The summed E-state index contributed by atoms with van der Waals surface area (Å²) in [5, 5.41) is 9.07. The third-order valence-corrected chi connectivity index (χ3v) is 33.9. The molecule has 0 N–H and O–H groups in total. The summed E-state index contributed by atoms with van der Waals surface area (Å²) in [6.07, 6.45) is 0. The highest BCUT2D eigenvalue weighted by atomic mass is 28.4. The van der Waals surface area contributed by atoms with Crippen LogP contribution in [0.3, 0.4) is 0 Å². The van der Waals surface area contributed by atoms with Gasteiger partial charge in [-0.2, -0.15) is 0 Å². The molecule has 21 rings (SSSR count). The van der Waals surface area contributed by atoms with Gasteiger partial charge >= 0.3 is 29.8 Å². The molecule has 2 unspecified atom stereocenters. The molecule has 0 aliphatic carbocycles. The average molecular weight is 1330 g/mol. The first-order chi connectivity index (χ1) is 48.2. The smallest absolute Gasteiger partial charge is 0.503 e. The van der Waals surface area contributed by atoms with Crippen LogP contribution in [0.2, 0.25) is 13.1 Å². The molecule has 98 heavy (non-hydrogen) atoms. The predicted molar refractivity (Wildman–Crippen MR) is 394 cm³/mol. The van der Waals surface area contributed by atoms with Crippen molar-refractivity contribution >= 4 is 170 Å². The Morgan fingerprint density at radius 3 is 0.694 bits per heavy atom. The summed E-state index contributed by atoms with van der Waals surface area (Å²) >= 11 is -6.74. The molecule has 0 amide bonds. The maximum atomic E-state index is 8.31. The zero-order valence-electron chi connectivity index (χ0n) is 52.5. The first-order valence-corrected chi connectivity index (χ1v) is 40.4. The average Bonchev–Trinajstić information content (AvgIpc) is 1.55. The van der Waals surface area contributed by atoms with Crippen LogP contribution in [0.15, 0.2) is 303 Å². The van der Waals surface area contributed by atoms with Crippen molar-refractivity contribution < 1.29 is 6.96 Å². The lowest BCUT2D eigenvalue weighted by Gasteiger charge is -2.32. The van der Waals surface area contributed by atoms with E-state index in [1.165, 1.54) is 0 Å². The number of nitrogens with zero attached hydrogens (tertiary/aromatic N) is 16. The molecule has 8 aliphatic rings. The maximum Gasteiger partial charge on any atom is 0.799 e. The minimum atomic E-state index is -3.38. The van der Waals surface area contributed by atoms with E-state index < -0.39 is 46.5 Å². The van der Waals surface area contributed by atoms with E-state index in [-0.39, 0.29) is 0 Å². The molecule has 458 valence electrons. The number of hydrogen-bond donors (Lipinski definition) is 0. The monoisotopic (exact) mass is 1330 g/mol. The van der Waals surface area contributed by atoms with Crippen LogP contribution in [0.4, 0.5) is 23.3 Å².